The van der Waals surface area contributed by atoms with Crippen LogP contribution in [0.4, 0.5) is 0 Å². The molecule has 1 rings (SSSR count). The fraction of sp³-hybridized carbons (Fsp3) is 0.250. The highest BCUT2D eigenvalue weighted by Gasteiger charge is 2.02. The maximum Gasteiger partial charge on any atom is 0.224 e. The molecule has 0 fully saturated rings. The highest BCUT2D eigenvalue weighted by molar-refractivity contribution is 6.29. The van der Waals surface area contributed by atoms with Gasteiger partial charge in [0.1, 0.15) is 0 Å². The van der Waals surface area contributed by atoms with Gasteiger partial charge in [0.15, 0.2) is 0 Å². The van der Waals surface area contributed by atoms with Crippen molar-refractivity contribution in [2.24, 2.45) is 0 Å². The SMILES string of the molecule is C=C(Cl)CNC(=O)Cc1ccc(C)cc1. The van der Waals surface area contributed by atoms with Crippen molar-refractivity contribution >= 4 is 17.5 Å². The summed E-state index contributed by atoms with van der Waals surface area (Å²) in [5.74, 6) is -0.0411. The molecule has 0 unspecified atom stereocenters. The molecule has 0 atom stereocenters. The van der Waals surface area contributed by atoms with Crippen LogP contribution >= 0.6 is 11.6 Å². The molecule has 3 heteroatoms. The van der Waals surface area contributed by atoms with E-state index in [2.05, 4.69) is 11.9 Å². The standard InChI is InChI=1S/C12H14ClNO/c1-9-3-5-11(6-4-9)7-12(15)14-8-10(2)13/h3-6H,2,7-8H2,1H3,(H,14,15). The van der Waals surface area contributed by atoms with Crippen molar-refractivity contribution in [1.82, 2.24) is 5.32 Å². The van der Waals surface area contributed by atoms with Gasteiger partial charge in [-0.2, -0.15) is 0 Å². The van der Waals surface area contributed by atoms with Crippen LogP contribution in [0.25, 0.3) is 0 Å². The number of carbonyl (C=O) groups excluding carboxylic acids is 1. The van der Waals surface area contributed by atoms with Gasteiger partial charge in [-0.1, -0.05) is 48.0 Å². The van der Waals surface area contributed by atoms with Crippen LogP contribution in [-0.2, 0) is 11.2 Å². The largest absolute Gasteiger partial charge is 0.351 e. The predicted octanol–water partition coefficient (Wildman–Crippen LogP) is 2.41. The first-order chi connectivity index (χ1) is 7.08. The first-order valence-electron chi connectivity index (χ1n) is 4.73. The first kappa shape index (κ1) is 11.8. The van der Waals surface area contributed by atoms with Crippen LogP contribution in [0.1, 0.15) is 11.1 Å². The van der Waals surface area contributed by atoms with Crippen molar-refractivity contribution in [3.05, 3.63) is 47.0 Å². The maximum absolute atomic E-state index is 11.4. The molecule has 0 aliphatic carbocycles. The van der Waals surface area contributed by atoms with Gasteiger partial charge in [-0.15, -0.1) is 0 Å². The maximum atomic E-state index is 11.4. The molecule has 0 bridgehead atoms. The zero-order valence-electron chi connectivity index (χ0n) is 8.72. The molecule has 1 aromatic rings. The molecule has 15 heavy (non-hydrogen) atoms. The Morgan fingerprint density at radius 2 is 2.00 bits per heavy atom. The minimum Gasteiger partial charge on any atom is -0.351 e. The Kier molecular flexibility index (Phi) is 4.37. The number of nitrogens with one attached hydrogen (secondary N) is 1. The first-order valence-corrected chi connectivity index (χ1v) is 5.11. The zero-order valence-corrected chi connectivity index (χ0v) is 9.47. The number of halogens is 1. The van der Waals surface area contributed by atoms with Crippen LogP contribution < -0.4 is 5.32 Å². The average Bonchev–Trinajstić information content (AvgIpc) is 2.19. The van der Waals surface area contributed by atoms with E-state index in [1.54, 1.807) is 0 Å². The minimum atomic E-state index is -0.0411. The smallest absolute Gasteiger partial charge is 0.224 e. The van der Waals surface area contributed by atoms with Crippen LogP contribution in [0.15, 0.2) is 35.9 Å². The Labute approximate surface area is 94.9 Å². The van der Waals surface area contributed by atoms with Crippen molar-refractivity contribution in [2.75, 3.05) is 6.54 Å². The second-order valence-electron chi connectivity index (χ2n) is 3.46. The molecule has 0 aliphatic heterocycles. The van der Waals surface area contributed by atoms with Gasteiger partial charge in [-0.3, -0.25) is 4.79 Å². The summed E-state index contributed by atoms with van der Waals surface area (Å²) in [6, 6.07) is 7.88. The number of hydrogen-bond acceptors (Lipinski definition) is 1. The lowest BCUT2D eigenvalue weighted by atomic mass is 10.1. The highest BCUT2D eigenvalue weighted by atomic mass is 35.5. The summed E-state index contributed by atoms with van der Waals surface area (Å²) < 4.78 is 0. The van der Waals surface area contributed by atoms with E-state index in [0.717, 1.165) is 5.56 Å². The molecule has 1 aromatic carbocycles. The van der Waals surface area contributed by atoms with E-state index >= 15 is 0 Å². The number of rotatable bonds is 4. The van der Waals surface area contributed by atoms with Gasteiger partial charge in [-0.25, -0.2) is 0 Å². The van der Waals surface area contributed by atoms with E-state index in [1.165, 1.54) is 5.56 Å². The molecule has 0 spiro atoms. The number of amides is 1. The third kappa shape index (κ3) is 4.66. The topological polar surface area (TPSA) is 29.1 Å². The van der Waals surface area contributed by atoms with E-state index in [1.807, 2.05) is 31.2 Å². The van der Waals surface area contributed by atoms with Crippen LogP contribution in [0.3, 0.4) is 0 Å². The van der Waals surface area contributed by atoms with E-state index in [-0.39, 0.29) is 5.91 Å². The van der Waals surface area contributed by atoms with Gasteiger partial charge in [0.25, 0.3) is 0 Å². The van der Waals surface area contributed by atoms with E-state index in [4.69, 9.17) is 11.6 Å². The lowest BCUT2D eigenvalue weighted by Gasteiger charge is -2.04. The van der Waals surface area contributed by atoms with Crippen molar-refractivity contribution < 1.29 is 4.79 Å². The third-order valence-electron chi connectivity index (χ3n) is 1.96. The monoisotopic (exact) mass is 223 g/mol. The average molecular weight is 224 g/mol. The Bertz CT molecular complexity index is 356. The molecule has 0 heterocycles. The van der Waals surface area contributed by atoms with Crippen molar-refractivity contribution in [1.29, 1.82) is 0 Å². The molecule has 0 saturated carbocycles. The van der Waals surface area contributed by atoms with Crippen LogP contribution in [0.2, 0.25) is 0 Å². The van der Waals surface area contributed by atoms with Crippen molar-refractivity contribution in [2.45, 2.75) is 13.3 Å². The lowest BCUT2D eigenvalue weighted by molar-refractivity contribution is -0.120. The summed E-state index contributed by atoms with van der Waals surface area (Å²) >= 11 is 5.54. The second kappa shape index (κ2) is 5.56. The summed E-state index contributed by atoms with van der Waals surface area (Å²) in [4.78, 5) is 11.4. The van der Waals surface area contributed by atoms with Gasteiger partial charge < -0.3 is 5.32 Å². The Morgan fingerprint density at radius 1 is 1.40 bits per heavy atom. The quantitative estimate of drug-likeness (QED) is 0.835. The normalized spacial score (nSPS) is 9.73. The summed E-state index contributed by atoms with van der Waals surface area (Å²) in [6.45, 7) is 5.84. The molecule has 1 N–H and O–H groups in total. The van der Waals surface area contributed by atoms with Gasteiger partial charge >= 0.3 is 0 Å². The van der Waals surface area contributed by atoms with Gasteiger partial charge in [0.2, 0.25) is 5.91 Å². The number of carbonyl (C=O) groups is 1. The van der Waals surface area contributed by atoms with E-state index in [9.17, 15) is 4.79 Å². The molecule has 0 aliphatic rings. The lowest BCUT2D eigenvalue weighted by Crippen LogP contribution is -2.26. The molecule has 80 valence electrons. The number of aryl methyl sites for hydroxylation is 1. The van der Waals surface area contributed by atoms with Gasteiger partial charge in [0, 0.05) is 5.03 Å². The number of hydrogen-bond donors (Lipinski definition) is 1. The van der Waals surface area contributed by atoms with Gasteiger partial charge in [0.05, 0.1) is 13.0 Å². The molecular weight excluding hydrogens is 210 g/mol. The molecule has 0 aromatic heterocycles. The second-order valence-corrected chi connectivity index (χ2v) is 3.99. The molecule has 2 nitrogen and oxygen atoms in total. The highest BCUT2D eigenvalue weighted by Crippen LogP contribution is 2.03. The Morgan fingerprint density at radius 3 is 2.53 bits per heavy atom. The predicted molar refractivity (Wildman–Crippen MR) is 62.9 cm³/mol. The summed E-state index contributed by atoms with van der Waals surface area (Å²) in [5.41, 5.74) is 2.19. The molecule has 0 saturated heterocycles. The van der Waals surface area contributed by atoms with Gasteiger partial charge in [-0.05, 0) is 12.5 Å². The van der Waals surface area contributed by atoms with Crippen LogP contribution in [0.5, 0.6) is 0 Å². The minimum absolute atomic E-state index is 0.0411. The van der Waals surface area contributed by atoms with Crippen molar-refractivity contribution in [3.63, 3.8) is 0 Å². The molecule has 1 amide bonds. The molecule has 0 radical (unpaired) electrons. The number of benzene rings is 1. The Hall–Kier alpha value is -1.28. The molecular formula is C12H14ClNO. The van der Waals surface area contributed by atoms with Crippen LogP contribution in [0, 0.1) is 6.92 Å². The summed E-state index contributed by atoms with van der Waals surface area (Å²) in [7, 11) is 0. The fourth-order valence-electron chi connectivity index (χ4n) is 1.15. The fourth-order valence-corrected chi connectivity index (χ4v) is 1.22. The van der Waals surface area contributed by atoms with Crippen LogP contribution in [-0.4, -0.2) is 12.5 Å². The Balaban J connectivity index is 2.44. The van der Waals surface area contributed by atoms with Crippen molar-refractivity contribution in [3.8, 4) is 0 Å². The van der Waals surface area contributed by atoms with E-state index < -0.39 is 0 Å². The summed E-state index contributed by atoms with van der Waals surface area (Å²) in [6.07, 6.45) is 0.379. The summed E-state index contributed by atoms with van der Waals surface area (Å²) in [5, 5.41) is 3.11. The zero-order chi connectivity index (χ0) is 11.3. The third-order valence-corrected chi connectivity index (χ3v) is 2.10. The van der Waals surface area contributed by atoms with E-state index in [0.29, 0.717) is 18.0 Å².